The fourth-order valence-electron chi connectivity index (χ4n) is 1.38. The van der Waals surface area contributed by atoms with E-state index >= 15 is 0 Å². The summed E-state index contributed by atoms with van der Waals surface area (Å²) in [6.45, 7) is 1.01. The van der Waals surface area contributed by atoms with Gasteiger partial charge in [-0.2, -0.15) is 0 Å². The summed E-state index contributed by atoms with van der Waals surface area (Å²) in [4.78, 5) is 11.7. The molecule has 1 aromatic rings. The highest BCUT2D eigenvalue weighted by molar-refractivity contribution is 5.89. The molecular weight excluding hydrogens is 239 g/mol. The van der Waals surface area contributed by atoms with Gasteiger partial charge in [0.15, 0.2) is 0 Å². The lowest BCUT2D eigenvalue weighted by Gasteiger charge is -2.29. The van der Waals surface area contributed by atoms with Crippen LogP contribution in [0.1, 0.15) is 13.3 Å². The van der Waals surface area contributed by atoms with Crippen LogP contribution in [0.4, 0.5) is 14.9 Å². The van der Waals surface area contributed by atoms with Crippen molar-refractivity contribution in [1.29, 1.82) is 0 Å². The Morgan fingerprint density at radius 2 is 1.83 bits per heavy atom. The maximum Gasteiger partial charge on any atom is 0.319 e. The Hall–Kier alpha value is -1.66. The third-order valence-electron chi connectivity index (χ3n) is 2.76. The molecule has 5 nitrogen and oxygen atoms in total. The number of hydrogen-bond donors (Lipinski definition) is 4. The van der Waals surface area contributed by atoms with Gasteiger partial charge in [-0.1, -0.05) is 6.92 Å². The van der Waals surface area contributed by atoms with E-state index in [2.05, 4.69) is 10.6 Å². The topological polar surface area (TPSA) is 81.6 Å². The number of rotatable bonds is 5. The van der Waals surface area contributed by atoms with Crippen LogP contribution in [0.5, 0.6) is 0 Å². The molecule has 1 aromatic carbocycles. The summed E-state index contributed by atoms with van der Waals surface area (Å²) in [5, 5.41) is 23.3. The highest BCUT2D eigenvalue weighted by Crippen LogP contribution is 2.11. The largest absolute Gasteiger partial charge is 0.394 e. The number of aliphatic hydroxyl groups excluding tert-OH is 2. The number of benzene rings is 1. The molecule has 0 radical (unpaired) electrons. The number of anilines is 1. The average molecular weight is 256 g/mol. The fourth-order valence-corrected chi connectivity index (χ4v) is 1.38. The fraction of sp³-hybridized carbons (Fsp3) is 0.417. The Bertz CT molecular complexity index is 383. The van der Waals surface area contributed by atoms with Crippen LogP contribution >= 0.6 is 0 Å². The van der Waals surface area contributed by atoms with Crippen LogP contribution in [-0.2, 0) is 0 Å². The number of urea groups is 1. The van der Waals surface area contributed by atoms with Crippen molar-refractivity contribution < 1.29 is 19.4 Å². The zero-order chi connectivity index (χ0) is 13.6. The third kappa shape index (κ3) is 3.68. The first-order chi connectivity index (χ1) is 8.55. The van der Waals surface area contributed by atoms with E-state index in [4.69, 9.17) is 0 Å². The smallest absolute Gasteiger partial charge is 0.319 e. The number of halogens is 1. The van der Waals surface area contributed by atoms with Crippen molar-refractivity contribution >= 4 is 11.7 Å². The van der Waals surface area contributed by atoms with E-state index < -0.39 is 17.4 Å². The summed E-state index contributed by atoms with van der Waals surface area (Å²) in [6, 6.07) is 4.72. The number of amides is 2. The number of carbonyl (C=O) groups excluding carboxylic acids is 1. The molecule has 0 aliphatic rings. The van der Waals surface area contributed by atoms with E-state index in [1.807, 2.05) is 0 Å². The lowest BCUT2D eigenvalue weighted by Crippen LogP contribution is -2.55. The zero-order valence-corrected chi connectivity index (χ0v) is 10.1. The Kier molecular flexibility index (Phi) is 5.06. The Balaban J connectivity index is 2.63. The predicted octanol–water partition coefficient (Wildman–Crippen LogP) is 1.08. The minimum absolute atomic E-state index is 0.364. The molecule has 6 heteroatoms. The van der Waals surface area contributed by atoms with E-state index in [1.54, 1.807) is 6.92 Å². The van der Waals surface area contributed by atoms with E-state index in [0.29, 0.717) is 12.1 Å². The lowest BCUT2D eigenvalue weighted by atomic mass is 9.99. The van der Waals surface area contributed by atoms with Crippen LogP contribution < -0.4 is 10.6 Å². The molecule has 0 saturated carbocycles. The van der Waals surface area contributed by atoms with E-state index in [1.165, 1.54) is 24.3 Å². The maximum atomic E-state index is 12.7. The molecule has 0 bridgehead atoms. The molecule has 18 heavy (non-hydrogen) atoms. The minimum Gasteiger partial charge on any atom is -0.394 e. The molecule has 100 valence electrons. The van der Waals surface area contributed by atoms with Gasteiger partial charge in [0.25, 0.3) is 0 Å². The van der Waals surface area contributed by atoms with Crippen LogP contribution in [0.2, 0.25) is 0 Å². The molecule has 0 aliphatic carbocycles. The summed E-state index contributed by atoms with van der Waals surface area (Å²) < 4.78 is 12.7. The van der Waals surface area contributed by atoms with Gasteiger partial charge in [0, 0.05) is 5.69 Å². The molecular formula is C12H17FN2O3. The molecule has 0 saturated heterocycles. The number of hydrogen-bond acceptors (Lipinski definition) is 3. The van der Waals surface area contributed by atoms with Gasteiger partial charge in [-0.15, -0.1) is 0 Å². The number of carbonyl (C=O) groups is 1. The van der Waals surface area contributed by atoms with Crippen molar-refractivity contribution in [2.24, 2.45) is 0 Å². The van der Waals surface area contributed by atoms with Gasteiger partial charge >= 0.3 is 6.03 Å². The second-order valence-electron chi connectivity index (χ2n) is 4.04. The van der Waals surface area contributed by atoms with Crippen LogP contribution in [0.25, 0.3) is 0 Å². The zero-order valence-electron chi connectivity index (χ0n) is 10.1. The Morgan fingerprint density at radius 1 is 1.28 bits per heavy atom. The molecule has 2 amide bonds. The van der Waals surface area contributed by atoms with E-state index in [-0.39, 0.29) is 13.2 Å². The van der Waals surface area contributed by atoms with Gasteiger partial charge in [-0.3, -0.25) is 0 Å². The Morgan fingerprint density at radius 3 is 2.28 bits per heavy atom. The molecule has 0 aliphatic heterocycles. The van der Waals surface area contributed by atoms with Crippen molar-refractivity contribution in [2.75, 3.05) is 18.5 Å². The van der Waals surface area contributed by atoms with Crippen LogP contribution in [0.3, 0.4) is 0 Å². The summed E-state index contributed by atoms with van der Waals surface area (Å²) in [5.74, 6) is -0.394. The molecule has 4 N–H and O–H groups in total. The van der Waals surface area contributed by atoms with Gasteiger partial charge in [0.1, 0.15) is 5.82 Å². The second-order valence-corrected chi connectivity index (χ2v) is 4.04. The maximum absolute atomic E-state index is 12.7. The molecule has 0 aromatic heterocycles. The summed E-state index contributed by atoms with van der Waals surface area (Å²) in [5.41, 5.74) is -0.626. The van der Waals surface area contributed by atoms with Gasteiger partial charge in [-0.25, -0.2) is 9.18 Å². The van der Waals surface area contributed by atoms with Crippen molar-refractivity contribution in [3.05, 3.63) is 30.1 Å². The van der Waals surface area contributed by atoms with Crippen molar-refractivity contribution in [1.82, 2.24) is 5.32 Å². The summed E-state index contributed by atoms with van der Waals surface area (Å²) >= 11 is 0. The highest BCUT2D eigenvalue weighted by atomic mass is 19.1. The third-order valence-corrected chi connectivity index (χ3v) is 2.76. The van der Waals surface area contributed by atoms with Gasteiger partial charge in [-0.05, 0) is 30.7 Å². The summed E-state index contributed by atoms with van der Waals surface area (Å²) in [6.07, 6.45) is 0.386. The average Bonchev–Trinajstić information content (AvgIpc) is 2.39. The van der Waals surface area contributed by atoms with Gasteiger partial charge in [0.2, 0.25) is 0 Å². The first kappa shape index (κ1) is 14.4. The second kappa shape index (κ2) is 6.32. The molecule has 0 atom stereocenters. The SMILES string of the molecule is CCC(CO)(CO)NC(=O)Nc1ccc(F)cc1. The number of nitrogens with one attached hydrogen (secondary N) is 2. The highest BCUT2D eigenvalue weighted by Gasteiger charge is 2.28. The van der Waals surface area contributed by atoms with Gasteiger partial charge < -0.3 is 20.8 Å². The van der Waals surface area contributed by atoms with Crippen molar-refractivity contribution in [3.8, 4) is 0 Å². The minimum atomic E-state index is -1.05. The van der Waals surface area contributed by atoms with Gasteiger partial charge in [0.05, 0.1) is 18.8 Å². The van der Waals surface area contributed by atoms with Crippen molar-refractivity contribution in [3.63, 3.8) is 0 Å². The predicted molar refractivity (Wildman–Crippen MR) is 65.7 cm³/mol. The molecule has 1 rings (SSSR count). The van der Waals surface area contributed by atoms with E-state index in [9.17, 15) is 19.4 Å². The number of aliphatic hydroxyl groups is 2. The molecule has 0 heterocycles. The van der Waals surface area contributed by atoms with Crippen molar-refractivity contribution in [2.45, 2.75) is 18.9 Å². The monoisotopic (exact) mass is 256 g/mol. The lowest BCUT2D eigenvalue weighted by molar-refractivity contribution is 0.0955. The molecule has 0 fully saturated rings. The standard InChI is InChI=1S/C12H17FN2O3/c1-2-12(7-16,8-17)15-11(18)14-10-5-3-9(13)4-6-10/h3-6,16-17H,2,7-8H2,1H3,(H2,14,15,18). The quantitative estimate of drug-likeness (QED) is 0.636. The molecule has 0 unspecified atom stereocenters. The molecule has 0 spiro atoms. The van der Waals surface area contributed by atoms with Crippen LogP contribution in [0, 0.1) is 5.82 Å². The first-order valence-corrected chi connectivity index (χ1v) is 5.61. The Labute approximate surface area is 105 Å². The summed E-state index contributed by atoms with van der Waals surface area (Å²) in [7, 11) is 0. The first-order valence-electron chi connectivity index (χ1n) is 5.61. The van der Waals surface area contributed by atoms with Crippen LogP contribution in [-0.4, -0.2) is 35.0 Å². The van der Waals surface area contributed by atoms with Crippen LogP contribution in [0.15, 0.2) is 24.3 Å². The normalized spacial score (nSPS) is 11.1. The van der Waals surface area contributed by atoms with E-state index in [0.717, 1.165) is 0 Å².